The van der Waals surface area contributed by atoms with E-state index < -0.39 is 0 Å². The number of fused-ring (bicyclic) bond motifs is 1. The summed E-state index contributed by atoms with van der Waals surface area (Å²) in [6.45, 7) is 1.31. The lowest BCUT2D eigenvalue weighted by Crippen LogP contribution is -2.32. The maximum Gasteiger partial charge on any atom is 0.273 e. The SMILES string of the molecule is COCCN1C(=O)c2[nH]nc(-c3ccccc3O)c2[C@H]1c1ccc(OCc2ccccc2)cc1. The Bertz CT molecular complexity index is 1280. The molecule has 1 aromatic heterocycles. The standard InChI is InChI=1S/C27H25N3O4/c1-33-16-15-30-26(19-11-13-20(14-12-19)34-17-18-7-3-2-4-8-18)23-24(28-29-25(23)27(30)32)21-9-5-6-10-22(21)31/h2-14,26,31H,15-17H2,1H3,(H,28,29)/t26-/m1/s1. The fourth-order valence-electron chi connectivity index (χ4n) is 4.33. The quantitative estimate of drug-likeness (QED) is 0.407. The number of phenolic OH excluding ortho intramolecular Hbond substituents is 1. The molecule has 0 aliphatic carbocycles. The van der Waals surface area contributed by atoms with Crippen LogP contribution < -0.4 is 4.74 Å². The van der Waals surface area contributed by atoms with Crippen molar-refractivity contribution in [3.63, 3.8) is 0 Å². The van der Waals surface area contributed by atoms with Gasteiger partial charge in [0.15, 0.2) is 0 Å². The van der Waals surface area contributed by atoms with Gasteiger partial charge in [-0.25, -0.2) is 0 Å². The molecule has 34 heavy (non-hydrogen) atoms. The molecular formula is C27H25N3O4. The molecule has 3 aromatic carbocycles. The second-order valence-electron chi connectivity index (χ2n) is 8.12. The summed E-state index contributed by atoms with van der Waals surface area (Å²) in [7, 11) is 1.61. The lowest BCUT2D eigenvalue weighted by molar-refractivity contribution is 0.0677. The largest absolute Gasteiger partial charge is 0.507 e. The second-order valence-corrected chi connectivity index (χ2v) is 8.12. The summed E-state index contributed by atoms with van der Waals surface area (Å²) in [6, 6.07) is 24.4. The van der Waals surface area contributed by atoms with Gasteiger partial charge in [-0.3, -0.25) is 9.89 Å². The van der Waals surface area contributed by atoms with Crippen LogP contribution in [0, 0.1) is 0 Å². The van der Waals surface area contributed by atoms with Crippen molar-refractivity contribution in [1.29, 1.82) is 0 Å². The van der Waals surface area contributed by atoms with Crippen LogP contribution in [0.4, 0.5) is 0 Å². The number of carbonyl (C=O) groups is 1. The average molecular weight is 456 g/mol. The van der Waals surface area contributed by atoms with Crippen LogP contribution in [0.15, 0.2) is 78.9 Å². The zero-order valence-electron chi connectivity index (χ0n) is 18.8. The summed E-state index contributed by atoms with van der Waals surface area (Å²) in [5, 5.41) is 17.7. The van der Waals surface area contributed by atoms with Crippen LogP contribution in [-0.2, 0) is 11.3 Å². The molecule has 1 aliphatic rings. The predicted octanol–water partition coefficient (Wildman–Crippen LogP) is 4.55. The van der Waals surface area contributed by atoms with Crippen molar-refractivity contribution in [2.24, 2.45) is 0 Å². The number of phenols is 1. The van der Waals surface area contributed by atoms with Crippen LogP contribution >= 0.6 is 0 Å². The van der Waals surface area contributed by atoms with E-state index in [0.717, 1.165) is 22.4 Å². The van der Waals surface area contributed by atoms with E-state index in [9.17, 15) is 9.90 Å². The number of ether oxygens (including phenoxy) is 2. The number of aromatic amines is 1. The molecular weight excluding hydrogens is 430 g/mol. The first kappa shape index (κ1) is 21.7. The van der Waals surface area contributed by atoms with Gasteiger partial charge >= 0.3 is 0 Å². The molecule has 0 spiro atoms. The highest BCUT2D eigenvalue weighted by molar-refractivity contribution is 6.00. The van der Waals surface area contributed by atoms with E-state index in [0.29, 0.717) is 36.7 Å². The van der Waals surface area contributed by atoms with Crippen molar-refractivity contribution < 1.29 is 19.4 Å². The summed E-state index contributed by atoms with van der Waals surface area (Å²) in [5.41, 5.74) is 4.34. The summed E-state index contributed by atoms with van der Waals surface area (Å²) in [6.07, 6.45) is 0. The van der Waals surface area contributed by atoms with E-state index in [-0.39, 0.29) is 17.7 Å². The highest BCUT2D eigenvalue weighted by atomic mass is 16.5. The molecule has 5 rings (SSSR count). The topological polar surface area (TPSA) is 87.7 Å². The Labute approximate surface area is 197 Å². The van der Waals surface area contributed by atoms with E-state index in [1.54, 1.807) is 30.2 Å². The Morgan fingerprint density at radius 3 is 2.47 bits per heavy atom. The number of benzene rings is 3. The Kier molecular flexibility index (Phi) is 6.01. The smallest absolute Gasteiger partial charge is 0.273 e. The summed E-state index contributed by atoms with van der Waals surface area (Å²) in [5.74, 6) is 0.715. The number of para-hydroxylation sites is 1. The Balaban J connectivity index is 1.48. The monoisotopic (exact) mass is 455 g/mol. The van der Waals surface area contributed by atoms with Crippen LogP contribution in [-0.4, -0.2) is 46.4 Å². The van der Waals surface area contributed by atoms with Gasteiger partial charge in [0.05, 0.1) is 12.6 Å². The first-order valence-corrected chi connectivity index (χ1v) is 11.1. The molecule has 0 bridgehead atoms. The van der Waals surface area contributed by atoms with E-state index in [1.807, 2.05) is 60.7 Å². The number of aromatic hydroxyl groups is 1. The Morgan fingerprint density at radius 2 is 1.74 bits per heavy atom. The third-order valence-electron chi connectivity index (χ3n) is 6.00. The van der Waals surface area contributed by atoms with E-state index in [1.165, 1.54) is 0 Å². The lowest BCUT2D eigenvalue weighted by Gasteiger charge is -2.26. The molecule has 1 amide bonds. The minimum absolute atomic E-state index is 0.114. The third kappa shape index (κ3) is 4.02. The zero-order valence-corrected chi connectivity index (χ0v) is 18.8. The van der Waals surface area contributed by atoms with Gasteiger partial charge in [-0.1, -0.05) is 54.6 Å². The van der Waals surface area contributed by atoms with Gasteiger partial charge in [0, 0.05) is 24.8 Å². The summed E-state index contributed by atoms with van der Waals surface area (Å²) >= 11 is 0. The molecule has 0 radical (unpaired) electrons. The molecule has 172 valence electrons. The Morgan fingerprint density at radius 1 is 1.00 bits per heavy atom. The molecule has 0 fully saturated rings. The predicted molar refractivity (Wildman–Crippen MR) is 128 cm³/mol. The third-order valence-corrected chi connectivity index (χ3v) is 6.00. The summed E-state index contributed by atoms with van der Waals surface area (Å²) in [4.78, 5) is 15.0. The number of H-pyrrole nitrogens is 1. The number of rotatable bonds is 8. The minimum Gasteiger partial charge on any atom is -0.507 e. The van der Waals surface area contributed by atoms with Gasteiger partial charge in [-0.15, -0.1) is 0 Å². The van der Waals surface area contributed by atoms with Crippen molar-refractivity contribution in [2.45, 2.75) is 12.6 Å². The lowest BCUT2D eigenvalue weighted by atomic mass is 9.95. The van der Waals surface area contributed by atoms with Crippen LogP contribution in [0.25, 0.3) is 11.3 Å². The molecule has 7 heteroatoms. The number of hydrogen-bond donors (Lipinski definition) is 2. The van der Waals surface area contributed by atoms with E-state index in [2.05, 4.69) is 10.2 Å². The molecule has 2 heterocycles. The van der Waals surface area contributed by atoms with Crippen molar-refractivity contribution in [1.82, 2.24) is 15.1 Å². The van der Waals surface area contributed by atoms with Crippen LogP contribution in [0.5, 0.6) is 11.5 Å². The Hall–Kier alpha value is -4.10. The molecule has 0 saturated heterocycles. The van der Waals surface area contributed by atoms with Crippen LogP contribution in [0.3, 0.4) is 0 Å². The van der Waals surface area contributed by atoms with Gasteiger partial charge in [-0.05, 0) is 35.4 Å². The van der Waals surface area contributed by atoms with Crippen molar-refractivity contribution >= 4 is 5.91 Å². The first-order chi connectivity index (χ1) is 16.7. The van der Waals surface area contributed by atoms with Crippen LogP contribution in [0.1, 0.15) is 33.2 Å². The number of nitrogens with zero attached hydrogens (tertiary/aromatic N) is 2. The van der Waals surface area contributed by atoms with Crippen molar-refractivity contribution in [2.75, 3.05) is 20.3 Å². The molecule has 4 aromatic rings. The molecule has 0 unspecified atom stereocenters. The van der Waals surface area contributed by atoms with Gasteiger partial charge < -0.3 is 19.5 Å². The van der Waals surface area contributed by atoms with Crippen LogP contribution in [0.2, 0.25) is 0 Å². The van der Waals surface area contributed by atoms with Crippen molar-refractivity contribution in [3.05, 3.63) is 101 Å². The number of hydrogen-bond acceptors (Lipinski definition) is 5. The second kappa shape index (κ2) is 9.41. The van der Waals surface area contributed by atoms with Gasteiger partial charge in [0.25, 0.3) is 5.91 Å². The number of carbonyl (C=O) groups excluding carboxylic acids is 1. The zero-order chi connectivity index (χ0) is 23.5. The normalized spacial score (nSPS) is 14.9. The maximum absolute atomic E-state index is 13.3. The number of amides is 1. The van der Waals surface area contributed by atoms with Gasteiger partial charge in [0.2, 0.25) is 0 Å². The van der Waals surface area contributed by atoms with Crippen molar-refractivity contribution in [3.8, 4) is 22.8 Å². The highest BCUT2D eigenvalue weighted by Gasteiger charge is 2.42. The molecule has 1 aliphatic heterocycles. The fraction of sp³-hybridized carbons (Fsp3) is 0.185. The molecule has 2 N–H and O–H groups in total. The number of methoxy groups -OCH3 is 1. The number of aromatic nitrogens is 2. The van der Waals surface area contributed by atoms with Gasteiger partial charge in [-0.2, -0.15) is 5.10 Å². The van der Waals surface area contributed by atoms with Gasteiger partial charge in [0.1, 0.15) is 29.5 Å². The maximum atomic E-state index is 13.3. The number of nitrogens with one attached hydrogen (secondary N) is 1. The fourth-order valence-corrected chi connectivity index (χ4v) is 4.33. The molecule has 7 nitrogen and oxygen atoms in total. The molecule has 1 atom stereocenters. The summed E-state index contributed by atoms with van der Waals surface area (Å²) < 4.78 is 11.2. The highest BCUT2D eigenvalue weighted by Crippen LogP contribution is 2.44. The van der Waals surface area contributed by atoms with E-state index >= 15 is 0 Å². The first-order valence-electron chi connectivity index (χ1n) is 11.1. The molecule has 0 saturated carbocycles. The average Bonchev–Trinajstić information content (AvgIpc) is 3.41. The minimum atomic E-state index is -0.367. The van der Waals surface area contributed by atoms with E-state index in [4.69, 9.17) is 9.47 Å².